The molecular formula is C17H18N6O. The summed E-state index contributed by atoms with van der Waals surface area (Å²) in [6.07, 6.45) is 10.2. The molecule has 0 aliphatic carbocycles. The van der Waals surface area contributed by atoms with Crippen molar-refractivity contribution in [3.8, 4) is 5.88 Å². The van der Waals surface area contributed by atoms with Crippen molar-refractivity contribution in [1.29, 1.82) is 0 Å². The van der Waals surface area contributed by atoms with E-state index in [1.165, 1.54) is 0 Å². The van der Waals surface area contributed by atoms with Crippen LogP contribution in [0.15, 0.2) is 47.4 Å². The van der Waals surface area contributed by atoms with Crippen molar-refractivity contribution >= 4 is 22.9 Å². The molecule has 1 atom stereocenters. The van der Waals surface area contributed by atoms with Gasteiger partial charge in [-0.25, -0.2) is 9.51 Å². The van der Waals surface area contributed by atoms with Gasteiger partial charge in [0.15, 0.2) is 0 Å². The summed E-state index contributed by atoms with van der Waals surface area (Å²) in [6.45, 7) is 4.16. The molecule has 0 aromatic carbocycles. The van der Waals surface area contributed by atoms with E-state index in [1.54, 1.807) is 11.6 Å². The number of hydrogen-bond acceptors (Lipinski definition) is 6. The summed E-state index contributed by atoms with van der Waals surface area (Å²) in [6, 6.07) is 2.24. The largest absolute Gasteiger partial charge is 0.479 e. The molecule has 24 heavy (non-hydrogen) atoms. The molecule has 1 unspecified atom stereocenters. The number of anilines is 1. The number of nitrogens with zero attached hydrogens (tertiary/aromatic N) is 5. The number of ether oxygens (including phenoxy) is 1. The van der Waals surface area contributed by atoms with E-state index in [4.69, 9.17) is 10.5 Å². The number of aromatic nitrogens is 3. The predicted octanol–water partition coefficient (Wildman–Crippen LogP) is 2.24. The van der Waals surface area contributed by atoms with Gasteiger partial charge in [-0.15, -0.1) is 5.10 Å². The summed E-state index contributed by atoms with van der Waals surface area (Å²) in [5, 5.41) is 4.21. The van der Waals surface area contributed by atoms with E-state index in [9.17, 15) is 0 Å². The first-order valence-corrected chi connectivity index (χ1v) is 7.71. The molecule has 2 aromatic rings. The van der Waals surface area contributed by atoms with E-state index in [2.05, 4.69) is 39.2 Å². The minimum atomic E-state index is 0.175. The number of aliphatic imine (C=N–C) groups is 1. The van der Waals surface area contributed by atoms with Crippen LogP contribution in [0.5, 0.6) is 5.88 Å². The van der Waals surface area contributed by atoms with Gasteiger partial charge in [-0.2, -0.15) is 4.98 Å². The van der Waals surface area contributed by atoms with Crippen LogP contribution in [0, 0.1) is 0 Å². The maximum absolute atomic E-state index is 5.72. The normalized spacial score (nSPS) is 19.7. The predicted molar refractivity (Wildman–Crippen MR) is 93.6 cm³/mol. The highest BCUT2D eigenvalue weighted by molar-refractivity contribution is 6.02. The van der Waals surface area contributed by atoms with Gasteiger partial charge in [-0.3, -0.25) is 0 Å². The number of allylic oxidation sites excluding steroid dienone is 3. The number of amidine groups is 1. The molecular weight excluding hydrogens is 304 g/mol. The van der Waals surface area contributed by atoms with E-state index >= 15 is 0 Å². The van der Waals surface area contributed by atoms with Crippen molar-refractivity contribution in [2.75, 3.05) is 12.8 Å². The van der Waals surface area contributed by atoms with Gasteiger partial charge in [-0.1, -0.05) is 0 Å². The summed E-state index contributed by atoms with van der Waals surface area (Å²) >= 11 is 0. The van der Waals surface area contributed by atoms with Gasteiger partial charge in [0, 0.05) is 29.2 Å². The third-order valence-corrected chi connectivity index (χ3v) is 4.17. The third kappa shape index (κ3) is 2.17. The Bertz CT molecular complexity index is 949. The van der Waals surface area contributed by atoms with Gasteiger partial charge in [-0.05, 0) is 38.1 Å². The second-order valence-electron chi connectivity index (χ2n) is 5.85. The molecule has 122 valence electrons. The molecule has 0 saturated carbocycles. The van der Waals surface area contributed by atoms with Crippen LogP contribution in [0.2, 0.25) is 0 Å². The lowest BCUT2D eigenvalue weighted by atomic mass is 10.0. The minimum Gasteiger partial charge on any atom is -0.479 e. The molecule has 4 heterocycles. The first-order valence-electron chi connectivity index (χ1n) is 7.71. The second kappa shape index (κ2) is 5.23. The smallest absolute Gasteiger partial charge is 0.243 e. The van der Waals surface area contributed by atoms with Crippen molar-refractivity contribution < 1.29 is 4.74 Å². The fourth-order valence-corrected chi connectivity index (χ4v) is 3.12. The maximum atomic E-state index is 5.72. The summed E-state index contributed by atoms with van der Waals surface area (Å²) in [7, 11) is 1.58. The Kier molecular flexibility index (Phi) is 3.16. The molecule has 2 N–H and O–H groups in total. The van der Waals surface area contributed by atoms with Crippen molar-refractivity contribution in [3.63, 3.8) is 0 Å². The highest BCUT2D eigenvalue weighted by atomic mass is 16.5. The third-order valence-electron chi connectivity index (χ3n) is 4.17. The van der Waals surface area contributed by atoms with Gasteiger partial charge in [0.05, 0.1) is 13.2 Å². The molecule has 2 aliphatic rings. The molecule has 2 aliphatic heterocycles. The van der Waals surface area contributed by atoms with Crippen LogP contribution in [-0.2, 0) is 0 Å². The van der Waals surface area contributed by atoms with Crippen molar-refractivity contribution in [3.05, 3.63) is 48.0 Å². The average molecular weight is 322 g/mol. The van der Waals surface area contributed by atoms with Gasteiger partial charge in [0.25, 0.3) is 0 Å². The van der Waals surface area contributed by atoms with Gasteiger partial charge in [0.2, 0.25) is 11.8 Å². The van der Waals surface area contributed by atoms with Crippen LogP contribution in [0.1, 0.15) is 19.4 Å². The Morgan fingerprint density at radius 1 is 1.29 bits per heavy atom. The number of fused-ring (bicyclic) bond motifs is 2. The molecule has 4 rings (SSSR count). The quantitative estimate of drug-likeness (QED) is 0.917. The van der Waals surface area contributed by atoms with Gasteiger partial charge >= 0.3 is 0 Å². The fourth-order valence-electron chi connectivity index (χ4n) is 3.12. The number of methoxy groups -OCH3 is 1. The topological polar surface area (TPSA) is 81.0 Å². The SMILES string of the molecule is COc1nc(N)nn2ccc(C3=CN4C(=NC(C)=CC4C)C=C3)c12. The summed E-state index contributed by atoms with van der Waals surface area (Å²) in [4.78, 5) is 10.9. The zero-order chi connectivity index (χ0) is 16.8. The zero-order valence-electron chi connectivity index (χ0n) is 13.8. The maximum Gasteiger partial charge on any atom is 0.243 e. The monoisotopic (exact) mass is 322 g/mol. The number of nitrogens with two attached hydrogens (primary N) is 1. The Morgan fingerprint density at radius 2 is 2.12 bits per heavy atom. The molecule has 0 saturated heterocycles. The lowest BCUT2D eigenvalue weighted by Gasteiger charge is -2.32. The second-order valence-corrected chi connectivity index (χ2v) is 5.85. The van der Waals surface area contributed by atoms with Gasteiger partial charge in [0.1, 0.15) is 11.4 Å². The van der Waals surface area contributed by atoms with Crippen LogP contribution in [-0.4, -0.2) is 38.5 Å². The lowest BCUT2D eigenvalue weighted by molar-refractivity contribution is 0.400. The van der Waals surface area contributed by atoms with E-state index < -0.39 is 0 Å². The molecule has 0 amide bonds. The number of nitrogen functional groups attached to an aromatic ring is 1. The summed E-state index contributed by atoms with van der Waals surface area (Å²) < 4.78 is 7.08. The van der Waals surface area contributed by atoms with Crippen LogP contribution >= 0.6 is 0 Å². The molecule has 7 nitrogen and oxygen atoms in total. The fraction of sp³-hybridized carbons (Fsp3) is 0.235. The van der Waals surface area contributed by atoms with E-state index in [0.717, 1.165) is 28.2 Å². The van der Waals surface area contributed by atoms with E-state index in [0.29, 0.717) is 5.88 Å². The molecule has 7 heteroatoms. The molecule has 0 bridgehead atoms. The average Bonchev–Trinajstić information content (AvgIpc) is 2.97. The van der Waals surface area contributed by atoms with E-state index in [1.807, 2.05) is 31.3 Å². The van der Waals surface area contributed by atoms with Crippen LogP contribution < -0.4 is 10.5 Å². The van der Waals surface area contributed by atoms with Crippen LogP contribution in [0.25, 0.3) is 11.1 Å². The minimum absolute atomic E-state index is 0.175. The van der Waals surface area contributed by atoms with Gasteiger partial charge < -0.3 is 15.4 Å². The van der Waals surface area contributed by atoms with Crippen LogP contribution in [0.3, 0.4) is 0 Å². The molecule has 0 fully saturated rings. The van der Waals surface area contributed by atoms with Crippen molar-refractivity contribution in [1.82, 2.24) is 19.5 Å². The van der Waals surface area contributed by atoms with Crippen molar-refractivity contribution in [2.24, 2.45) is 4.99 Å². The van der Waals surface area contributed by atoms with E-state index in [-0.39, 0.29) is 12.0 Å². The highest BCUT2D eigenvalue weighted by Crippen LogP contribution is 2.32. The first-order chi connectivity index (χ1) is 11.6. The highest BCUT2D eigenvalue weighted by Gasteiger charge is 2.23. The Balaban J connectivity index is 1.84. The lowest BCUT2D eigenvalue weighted by Crippen LogP contribution is -2.35. The summed E-state index contributed by atoms with van der Waals surface area (Å²) in [5.74, 6) is 1.58. The Hall–Kier alpha value is -3.09. The Labute approximate surface area is 139 Å². The van der Waals surface area contributed by atoms with Crippen LogP contribution in [0.4, 0.5) is 5.95 Å². The number of rotatable bonds is 2. The van der Waals surface area contributed by atoms with Crippen molar-refractivity contribution in [2.45, 2.75) is 19.9 Å². The number of hydrogen-bond donors (Lipinski definition) is 1. The standard InChI is InChI=1S/C17H18N6O/c1-10-8-11(2)22-9-12(4-5-14(22)19-10)13-6-7-23-15(13)16(24-3)20-17(18)21-23/h4-9,11H,1-3H3,(H2,18,21). The molecule has 0 radical (unpaired) electrons. The Morgan fingerprint density at radius 3 is 2.92 bits per heavy atom. The zero-order valence-corrected chi connectivity index (χ0v) is 13.8. The summed E-state index contributed by atoms with van der Waals surface area (Å²) in [5.41, 5.74) is 9.58. The first kappa shape index (κ1) is 14.5. The molecule has 0 spiro atoms. The molecule has 2 aromatic heterocycles.